The molecule has 1 aliphatic carbocycles. The number of rotatable bonds is 4. The van der Waals surface area contributed by atoms with Crippen molar-refractivity contribution in [1.82, 2.24) is 9.55 Å². The molecule has 18 heavy (non-hydrogen) atoms. The van der Waals surface area contributed by atoms with Gasteiger partial charge in [0.1, 0.15) is 5.16 Å². The predicted octanol–water partition coefficient (Wildman–Crippen LogP) is 1.03. The van der Waals surface area contributed by atoms with E-state index >= 15 is 0 Å². The molecule has 1 heterocycles. The van der Waals surface area contributed by atoms with Crippen LogP contribution in [-0.2, 0) is 6.54 Å². The Morgan fingerprint density at radius 1 is 1.44 bits per heavy atom. The predicted molar refractivity (Wildman–Crippen MR) is 74.0 cm³/mol. The van der Waals surface area contributed by atoms with E-state index in [1.165, 1.54) is 24.1 Å². The first-order chi connectivity index (χ1) is 8.22. The summed E-state index contributed by atoms with van der Waals surface area (Å²) in [7, 11) is 0. The van der Waals surface area contributed by atoms with Crippen molar-refractivity contribution in [1.29, 1.82) is 0 Å². The molecule has 0 aromatic carbocycles. The van der Waals surface area contributed by atoms with Crippen LogP contribution in [0.5, 0.6) is 0 Å². The second-order valence-electron chi connectivity index (χ2n) is 5.00. The molecule has 1 aromatic heterocycles. The van der Waals surface area contributed by atoms with Gasteiger partial charge in [-0.25, -0.2) is 0 Å². The summed E-state index contributed by atoms with van der Waals surface area (Å²) < 4.78 is 2.36. The van der Waals surface area contributed by atoms with Gasteiger partial charge in [-0.3, -0.25) is 11.1 Å². The summed E-state index contributed by atoms with van der Waals surface area (Å²) in [6.45, 7) is 5.57. The minimum absolute atomic E-state index is 0. The molecule has 0 aliphatic heterocycles. The Morgan fingerprint density at radius 3 is 2.78 bits per heavy atom. The zero-order valence-corrected chi connectivity index (χ0v) is 12.8. The number of allylic oxidation sites excluding steroid dienone is 2. The minimum atomic E-state index is 0. The van der Waals surface area contributed by atoms with Crippen LogP contribution in [0.25, 0.3) is 5.57 Å². The summed E-state index contributed by atoms with van der Waals surface area (Å²) in [5.74, 6) is 0.651. The Bertz CT molecular complexity index is 410. The van der Waals surface area contributed by atoms with E-state index in [1.807, 2.05) is 6.20 Å². The summed E-state index contributed by atoms with van der Waals surface area (Å²) in [6.07, 6.45) is 12.5. The molecule has 0 amide bonds. The van der Waals surface area contributed by atoms with E-state index in [-0.39, 0.29) is 18.9 Å². The normalized spacial score (nSPS) is 15.4. The smallest absolute Gasteiger partial charge is 0.398 e. The molecule has 0 fully saturated rings. The van der Waals surface area contributed by atoms with Gasteiger partial charge in [-0.05, 0) is 18.4 Å². The van der Waals surface area contributed by atoms with Gasteiger partial charge in [0, 0.05) is 6.54 Å². The van der Waals surface area contributed by atoms with Crippen molar-refractivity contribution >= 4 is 17.3 Å². The molecule has 0 atom stereocenters. The van der Waals surface area contributed by atoms with Crippen LogP contribution in [0.3, 0.4) is 0 Å². The maximum Gasteiger partial charge on any atom is 1.00 e. The summed E-state index contributed by atoms with van der Waals surface area (Å²) >= 11 is 1.73. The first-order valence-electron chi connectivity index (χ1n) is 6.42. The van der Waals surface area contributed by atoms with Gasteiger partial charge in [-0.15, -0.1) is 6.42 Å². The molecule has 0 unspecified atom stereocenters. The second kappa shape index (κ2) is 7.48. The van der Waals surface area contributed by atoms with Gasteiger partial charge in [0.05, 0.1) is 0 Å². The van der Waals surface area contributed by atoms with Crippen LogP contribution < -0.4 is 18.9 Å². The van der Waals surface area contributed by atoms with Crippen LogP contribution in [0, 0.1) is 12.0 Å². The Hall–Kier alpha value is -0.103. The maximum absolute atomic E-state index is 4.53. The van der Waals surface area contributed by atoms with E-state index in [0.29, 0.717) is 5.92 Å². The minimum Gasteiger partial charge on any atom is -0.398 e. The van der Waals surface area contributed by atoms with E-state index in [2.05, 4.69) is 35.7 Å². The summed E-state index contributed by atoms with van der Waals surface area (Å²) in [5.41, 5.74) is 2.67. The van der Waals surface area contributed by atoms with Gasteiger partial charge >= 0.3 is 18.9 Å². The third-order valence-electron chi connectivity index (χ3n) is 3.05. The van der Waals surface area contributed by atoms with Gasteiger partial charge in [0.25, 0.3) is 0 Å². The molecule has 2 rings (SSSR count). The van der Waals surface area contributed by atoms with Crippen molar-refractivity contribution in [3.8, 4) is 0 Å². The van der Waals surface area contributed by atoms with Crippen molar-refractivity contribution in [2.75, 3.05) is 6.26 Å². The standard InChI is InChI=1S/C14H21N2S.Li/c1-11(2)10-16-13(9-15-14(16)17-3)12-7-5-4-6-8-12;/h9,11H,4-7,10H2,1-3H3;/q-1;+1. The van der Waals surface area contributed by atoms with Crippen molar-refractivity contribution in [3.05, 3.63) is 18.0 Å². The van der Waals surface area contributed by atoms with E-state index in [0.717, 1.165) is 24.5 Å². The molecule has 4 heteroatoms. The van der Waals surface area contributed by atoms with E-state index in [1.54, 1.807) is 11.8 Å². The summed E-state index contributed by atoms with van der Waals surface area (Å²) in [4.78, 5) is 4.53. The Balaban J connectivity index is 0.00000162. The zero-order valence-electron chi connectivity index (χ0n) is 12.0. The van der Waals surface area contributed by atoms with Crippen molar-refractivity contribution in [2.45, 2.75) is 51.2 Å². The summed E-state index contributed by atoms with van der Waals surface area (Å²) in [6, 6.07) is 0. The van der Waals surface area contributed by atoms with Gasteiger partial charge in [0.2, 0.25) is 0 Å². The molecule has 0 spiro atoms. The molecule has 1 aromatic rings. The quantitative estimate of drug-likeness (QED) is 0.455. The molecule has 1 aliphatic rings. The summed E-state index contributed by atoms with van der Waals surface area (Å²) in [5, 5.41) is 1.13. The third-order valence-corrected chi connectivity index (χ3v) is 3.74. The first-order valence-corrected chi connectivity index (χ1v) is 7.64. The fourth-order valence-corrected chi connectivity index (χ4v) is 2.83. The van der Waals surface area contributed by atoms with Crippen LogP contribution in [0.2, 0.25) is 0 Å². The van der Waals surface area contributed by atoms with Crippen LogP contribution in [0.1, 0.15) is 45.2 Å². The fraction of sp³-hybridized carbons (Fsp3) is 0.643. The molecule has 0 bridgehead atoms. The number of hydrogen-bond donors (Lipinski definition) is 0. The van der Waals surface area contributed by atoms with Gasteiger partial charge in [0.15, 0.2) is 0 Å². The number of hydrogen-bond acceptors (Lipinski definition) is 2. The Labute approximate surface area is 127 Å². The van der Waals surface area contributed by atoms with Crippen LogP contribution >= 0.6 is 11.8 Å². The SMILES string of the molecule is CSc1ncc(C2=[C-]CCCC2)n1CC(C)C.[Li+]. The topological polar surface area (TPSA) is 17.8 Å². The van der Waals surface area contributed by atoms with Crippen molar-refractivity contribution in [3.63, 3.8) is 0 Å². The largest absolute Gasteiger partial charge is 1.00 e. The van der Waals surface area contributed by atoms with Crippen molar-refractivity contribution < 1.29 is 18.9 Å². The van der Waals surface area contributed by atoms with E-state index < -0.39 is 0 Å². The third kappa shape index (κ3) is 3.70. The van der Waals surface area contributed by atoms with Gasteiger partial charge in [-0.2, -0.15) is 5.57 Å². The molecule has 2 nitrogen and oxygen atoms in total. The van der Waals surface area contributed by atoms with Crippen molar-refractivity contribution in [2.24, 2.45) is 5.92 Å². The molecular formula is C14H21LiN2S. The Morgan fingerprint density at radius 2 is 2.22 bits per heavy atom. The average molecular weight is 256 g/mol. The molecule has 0 N–H and O–H groups in total. The first kappa shape index (κ1) is 16.0. The Kier molecular flexibility index (Phi) is 6.63. The molecule has 94 valence electrons. The van der Waals surface area contributed by atoms with Gasteiger partial charge < -0.3 is 4.57 Å². The number of imidazole rings is 1. The molecule has 0 saturated carbocycles. The van der Waals surface area contributed by atoms with Crippen LogP contribution in [0.15, 0.2) is 11.4 Å². The van der Waals surface area contributed by atoms with Crippen LogP contribution in [-0.4, -0.2) is 15.8 Å². The molecule has 0 radical (unpaired) electrons. The molecular weight excluding hydrogens is 235 g/mol. The molecule has 0 saturated heterocycles. The number of aromatic nitrogens is 2. The second-order valence-corrected chi connectivity index (χ2v) is 5.77. The number of nitrogens with zero attached hydrogens (tertiary/aromatic N) is 2. The fourth-order valence-electron chi connectivity index (χ4n) is 2.28. The number of thioether (sulfide) groups is 1. The zero-order chi connectivity index (χ0) is 12.3. The van der Waals surface area contributed by atoms with E-state index in [9.17, 15) is 0 Å². The van der Waals surface area contributed by atoms with Gasteiger partial charge in [-0.1, -0.05) is 50.6 Å². The van der Waals surface area contributed by atoms with Crippen LogP contribution in [0.4, 0.5) is 0 Å². The monoisotopic (exact) mass is 256 g/mol. The maximum atomic E-state index is 4.53. The average Bonchev–Trinajstić information content (AvgIpc) is 2.72. The van der Waals surface area contributed by atoms with E-state index in [4.69, 9.17) is 0 Å².